The maximum absolute atomic E-state index is 5.72. The van der Waals surface area contributed by atoms with Crippen LogP contribution in [-0.4, -0.2) is 25.9 Å². The lowest BCUT2D eigenvalue weighted by molar-refractivity contribution is 0.130. The van der Waals surface area contributed by atoms with Crippen LogP contribution in [-0.2, 0) is 11.3 Å². The van der Waals surface area contributed by atoms with Crippen molar-refractivity contribution in [3.8, 4) is 5.75 Å². The van der Waals surface area contributed by atoms with Crippen LogP contribution < -0.4 is 10.1 Å². The van der Waals surface area contributed by atoms with E-state index in [0.717, 1.165) is 36.4 Å². The summed E-state index contributed by atoms with van der Waals surface area (Å²) in [4.78, 5) is 0. The molecule has 0 aliphatic rings. The molecule has 0 spiro atoms. The fourth-order valence-corrected chi connectivity index (χ4v) is 2.12. The van der Waals surface area contributed by atoms with Crippen molar-refractivity contribution in [2.75, 3.05) is 19.8 Å². The van der Waals surface area contributed by atoms with Gasteiger partial charge in [0.15, 0.2) is 0 Å². The summed E-state index contributed by atoms with van der Waals surface area (Å²) in [7, 11) is 0. The minimum absolute atomic E-state index is 0.494. The Bertz CT molecular complexity index is 369. The van der Waals surface area contributed by atoms with E-state index in [1.54, 1.807) is 0 Å². The summed E-state index contributed by atoms with van der Waals surface area (Å²) < 4.78 is 12.0. The van der Waals surface area contributed by atoms with Gasteiger partial charge in [-0.1, -0.05) is 19.9 Å². The van der Waals surface area contributed by atoms with Crippen molar-refractivity contribution in [3.63, 3.8) is 0 Å². The molecule has 0 amide bonds. The quantitative estimate of drug-likeness (QED) is 0.700. The highest BCUT2D eigenvalue weighted by Crippen LogP contribution is 2.26. The van der Waals surface area contributed by atoms with E-state index in [4.69, 9.17) is 9.47 Å². The molecule has 0 saturated carbocycles. The van der Waals surface area contributed by atoms with E-state index in [9.17, 15) is 0 Å². The van der Waals surface area contributed by atoms with Crippen LogP contribution in [0.5, 0.6) is 5.75 Å². The first kappa shape index (κ1) is 16.5. The molecule has 4 heteroatoms. The van der Waals surface area contributed by atoms with Crippen LogP contribution in [0.3, 0.4) is 0 Å². The van der Waals surface area contributed by atoms with Gasteiger partial charge in [-0.25, -0.2) is 0 Å². The molecule has 0 radical (unpaired) electrons. The SMILES string of the molecule is CCOCCCOc1ccc(CNC(C)C)cc1Br. The van der Waals surface area contributed by atoms with E-state index in [1.165, 1.54) is 5.56 Å². The van der Waals surface area contributed by atoms with Crippen LogP contribution in [0.25, 0.3) is 0 Å². The van der Waals surface area contributed by atoms with Gasteiger partial charge < -0.3 is 14.8 Å². The fraction of sp³-hybridized carbons (Fsp3) is 0.600. The predicted molar refractivity (Wildman–Crippen MR) is 82.7 cm³/mol. The lowest BCUT2D eigenvalue weighted by Gasteiger charge is -2.11. The maximum Gasteiger partial charge on any atom is 0.133 e. The van der Waals surface area contributed by atoms with Gasteiger partial charge in [0.1, 0.15) is 5.75 Å². The number of nitrogens with one attached hydrogen (secondary N) is 1. The molecule has 0 heterocycles. The van der Waals surface area contributed by atoms with Crippen molar-refractivity contribution in [1.82, 2.24) is 5.32 Å². The second-order valence-electron chi connectivity index (χ2n) is 4.70. The third kappa shape index (κ3) is 6.95. The van der Waals surface area contributed by atoms with Gasteiger partial charge in [-0.3, -0.25) is 0 Å². The van der Waals surface area contributed by atoms with E-state index in [2.05, 4.69) is 47.2 Å². The Kier molecular flexibility index (Phi) is 8.10. The summed E-state index contributed by atoms with van der Waals surface area (Å²) in [6.07, 6.45) is 0.914. The first-order valence-corrected chi connectivity index (χ1v) is 7.65. The molecule has 0 atom stereocenters. The van der Waals surface area contributed by atoms with Crippen LogP contribution in [0.1, 0.15) is 32.8 Å². The van der Waals surface area contributed by atoms with E-state index in [1.807, 2.05) is 13.0 Å². The molecule has 1 rings (SSSR count). The third-order valence-electron chi connectivity index (χ3n) is 2.61. The summed E-state index contributed by atoms with van der Waals surface area (Å²) in [6.45, 7) is 9.37. The zero-order valence-corrected chi connectivity index (χ0v) is 13.6. The van der Waals surface area contributed by atoms with Crippen molar-refractivity contribution in [3.05, 3.63) is 28.2 Å². The molecule has 19 heavy (non-hydrogen) atoms. The van der Waals surface area contributed by atoms with Gasteiger partial charge >= 0.3 is 0 Å². The molecule has 0 saturated heterocycles. The summed E-state index contributed by atoms with van der Waals surface area (Å²) in [5.74, 6) is 0.893. The highest BCUT2D eigenvalue weighted by atomic mass is 79.9. The Labute approximate surface area is 124 Å². The van der Waals surface area contributed by atoms with Crippen LogP contribution in [0, 0.1) is 0 Å². The van der Waals surface area contributed by atoms with Gasteiger partial charge in [0.05, 0.1) is 11.1 Å². The van der Waals surface area contributed by atoms with E-state index >= 15 is 0 Å². The van der Waals surface area contributed by atoms with E-state index < -0.39 is 0 Å². The van der Waals surface area contributed by atoms with Gasteiger partial charge in [-0.15, -0.1) is 0 Å². The predicted octanol–water partition coefficient (Wildman–Crippen LogP) is 3.75. The summed E-state index contributed by atoms with van der Waals surface area (Å²) in [5.41, 5.74) is 1.25. The second kappa shape index (κ2) is 9.34. The van der Waals surface area contributed by atoms with Crippen molar-refractivity contribution in [2.45, 2.75) is 39.8 Å². The molecule has 3 nitrogen and oxygen atoms in total. The second-order valence-corrected chi connectivity index (χ2v) is 5.55. The molecule has 0 unspecified atom stereocenters. The van der Waals surface area contributed by atoms with E-state index in [0.29, 0.717) is 12.6 Å². The van der Waals surface area contributed by atoms with Crippen molar-refractivity contribution in [1.29, 1.82) is 0 Å². The largest absolute Gasteiger partial charge is 0.492 e. The van der Waals surface area contributed by atoms with Gasteiger partial charge in [0.2, 0.25) is 0 Å². The summed E-state index contributed by atoms with van der Waals surface area (Å²) >= 11 is 3.55. The van der Waals surface area contributed by atoms with Crippen LogP contribution in [0.15, 0.2) is 22.7 Å². The first-order valence-electron chi connectivity index (χ1n) is 6.85. The number of rotatable bonds is 9. The minimum Gasteiger partial charge on any atom is -0.492 e. The third-order valence-corrected chi connectivity index (χ3v) is 3.23. The monoisotopic (exact) mass is 329 g/mol. The van der Waals surface area contributed by atoms with Gasteiger partial charge in [-0.2, -0.15) is 0 Å². The van der Waals surface area contributed by atoms with Gasteiger partial charge in [0.25, 0.3) is 0 Å². The Morgan fingerprint density at radius 1 is 1.26 bits per heavy atom. The number of benzene rings is 1. The Morgan fingerprint density at radius 3 is 2.68 bits per heavy atom. The van der Waals surface area contributed by atoms with Crippen LogP contribution >= 0.6 is 15.9 Å². The highest BCUT2D eigenvalue weighted by Gasteiger charge is 2.03. The van der Waals surface area contributed by atoms with Crippen LogP contribution in [0.4, 0.5) is 0 Å². The Balaban J connectivity index is 2.39. The highest BCUT2D eigenvalue weighted by molar-refractivity contribution is 9.10. The minimum atomic E-state index is 0.494. The number of halogens is 1. The molecular weight excluding hydrogens is 306 g/mol. The molecule has 108 valence electrons. The summed E-state index contributed by atoms with van der Waals surface area (Å²) in [5, 5.41) is 3.40. The number of ether oxygens (including phenoxy) is 2. The fourth-order valence-electron chi connectivity index (χ4n) is 1.58. The molecule has 0 aliphatic carbocycles. The molecular formula is C15H24BrNO2. The molecule has 0 bridgehead atoms. The lowest BCUT2D eigenvalue weighted by Crippen LogP contribution is -2.21. The first-order chi connectivity index (χ1) is 9.13. The average Bonchev–Trinajstić information content (AvgIpc) is 2.38. The zero-order chi connectivity index (χ0) is 14.1. The molecule has 0 fully saturated rings. The smallest absolute Gasteiger partial charge is 0.133 e. The lowest BCUT2D eigenvalue weighted by atomic mass is 10.2. The standard InChI is InChI=1S/C15H24BrNO2/c1-4-18-8-5-9-19-15-7-6-13(10-14(15)16)11-17-12(2)3/h6-7,10,12,17H,4-5,8-9,11H2,1-3H3. The van der Waals surface area contributed by atoms with Crippen molar-refractivity contribution < 1.29 is 9.47 Å². The Morgan fingerprint density at radius 2 is 2.05 bits per heavy atom. The zero-order valence-electron chi connectivity index (χ0n) is 12.0. The van der Waals surface area contributed by atoms with E-state index in [-0.39, 0.29) is 0 Å². The van der Waals surface area contributed by atoms with Gasteiger partial charge in [-0.05, 0) is 40.5 Å². The molecule has 1 aromatic carbocycles. The molecule has 1 aromatic rings. The average molecular weight is 330 g/mol. The van der Waals surface area contributed by atoms with Crippen molar-refractivity contribution in [2.24, 2.45) is 0 Å². The normalized spacial score (nSPS) is 11.0. The molecule has 0 aromatic heterocycles. The topological polar surface area (TPSA) is 30.5 Å². The molecule has 0 aliphatic heterocycles. The van der Waals surface area contributed by atoms with Crippen molar-refractivity contribution >= 4 is 15.9 Å². The number of hydrogen-bond acceptors (Lipinski definition) is 3. The molecule has 1 N–H and O–H groups in total. The Hall–Kier alpha value is -0.580. The van der Waals surface area contributed by atoms with Crippen LogP contribution in [0.2, 0.25) is 0 Å². The van der Waals surface area contributed by atoms with Gasteiger partial charge in [0, 0.05) is 32.2 Å². The number of hydrogen-bond donors (Lipinski definition) is 1. The maximum atomic E-state index is 5.72. The summed E-state index contributed by atoms with van der Waals surface area (Å²) in [6, 6.07) is 6.71.